The number of nitrogens with zero attached hydrogens (tertiary/aromatic N) is 3. The number of alkyl halides is 3. The highest BCUT2D eigenvalue weighted by Gasteiger charge is 2.30. The third-order valence-electron chi connectivity index (χ3n) is 4.39. The van der Waals surface area contributed by atoms with E-state index in [0.29, 0.717) is 0 Å². The van der Waals surface area contributed by atoms with Gasteiger partial charge in [0.05, 0.1) is 34.0 Å². The Morgan fingerprint density at radius 3 is 2.55 bits per heavy atom. The Hall–Kier alpha value is -4.42. The smallest absolute Gasteiger partial charge is 0.416 e. The topological polar surface area (TPSA) is 137 Å². The number of benzene rings is 2. The summed E-state index contributed by atoms with van der Waals surface area (Å²) >= 11 is 0. The van der Waals surface area contributed by atoms with Crippen LogP contribution in [0.25, 0.3) is 0 Å². The molecule has 0 fully saturated rings. The van der Waals surface area contributed by atoms with Crippen molar-refractivity contribution in [2.24, 2.45) is 0 Å². The molecule has 1 heterocycles. The van der Waals surface area contributed by atoms with Crippen molar-refractivity contribution in [3.63, 3.8) is 0 Å². The predicted molar refractivity (Wildman–Crippen MR) is 107 cm³/mol. The molecule has 0 spiro atoms. The second kappa shape index (κ2) is 8.98. The van der Waals surface area contributed by atoms with Gasteiger partial charge in [-0.25, -0.2) is 4.79 Å². The number of carbonyl (C=O) groups excluding carboxylic acids is 1. The van der Waals surface area contributed by atoms with Crippen LogP contribution in [0.2, 0.25) is 0 Å². The Morgan fingerprint density at radius 1 is 1.21 bits per heavy atom. The van der Waals surface area contributed by atoms with E-state index < -0.39 is 40.3 Å². The second-order valence-corrected chi connectivity index (χ2v) is 6.78. The summed E-state index contributed by atoms with van der Waals surface area (Å²) in [7, 11) is 0. The van der Waals surface area contributed by atoms with E-state index in [0.717, 1.165) is 47.4 Å². The van der Waals surface area contributed by atoms with Crippen molar-refractivity contribution in [3.05, 3.63) is 76.1 Å². The van der Waals surface area contributed by atoms with Crippen molar-refractivity contribution in [3.8, 4) is 11.5 Å². The molecule has 0 aliphatic carbocycles. The van der Waals surface area contributed by atoms with Crippen molar-refractivity contribution in [2.45, 2.75) is 19.1 Å². The summed E-state index contributed by atoms with van der Waals surface area (Å²) in [4.78, 5) is 34.0. The number of hydrogen-bond donors (Lipinski definition) is 2. The van der Waals surface area contributed by atoms with Gasteiger partial charge in [0.1, 0.15) is 17.5 Å². The third kappa shape index (κ3) is 5.64. The van der Waals surface area contributed by atoms with Gasteiger partial charge >= 0.3 is 12.1 Å². The minimum Gasteiger partial charge on any atom is -0.478 e. The molecule has 10 nitrogen and oxygen atoms in total. The molecule has 2 aromatic carbocycles. The van der Waals surface area contributed by atoms with Gasteiger partial charge in [0.25, 0.3) is 5.69 Å². The number of carboxylic acids is 1. The summed E-state index contributed by atoms with van der Waals surface area (Å²) in [5.41, 5.74) is -1.64. The Bertz CT molecular complexity index is 1220. The molecule has 3 aromatic rings. The largest absolute Gasteiger partial charge is 0.478 e. The second-order valence-electron chi connectivity index (χ2n) is 6.78. The van der Waals surface area contributed by atoms with E-state index in [1.54, 1.807) is 0 Å². The van der Waals surface area contributed by atoms with Gasteiger partial charge in [-0.05, 0) is 25.1 Å². The number of nitrogens with one attached hydrogen (secondary N) is 1. The number of nitro benzene ring substituents is 1. The first-order chi connectivity index (χ1) is 15.4. The highest BCUT2D eigenvalue weighted by atomic mass is 19.4. The number of hydrogen-bond acceptors (Lipinski definition) is 6. The quantitative estimate of drug-likeness (QED) is 0.388. The summed E-state index contributed by atoms with van der Waals surface area (Å²) < 4.78 is 45.2. The lowest BCUT2D eigenvalue weighted by Gasteiger charge is -2.14. The first-order valence-corrected chi connectivity index (χ1v) is 9.17. The Morgan fingerprint density at radius 2 is 1.94 bits per heavy atom. The fraction of sp³-hybridized carbons (Fsp3) is 0.150. The van der Waals surface area contributed by atoms with Crippen LogP contribution in [-0.4, -0.2) is 31.7 Å². The average molecular weight is 464 g/mol. The van der Waals surface area contributed by atoms with Gasteiger partial charge in [-0.2, -0.15) is 18.3 Å². The standard InChI is InChI=1S/C20H15F3N4O6/c1-11(26-10-12(9-24-26)19(29)30)18(28)25-14-6-15(27(31)32)8-17(7-14)33-16-4-2-3-13(5-16)20(21,22)23/h2-11H,1H3,(H,25,28)(H,29,30). The number of ether oxygens (including phenoxy) is 1. The molecule has 1 atom stereocenters. The number of anilines is 1. The molecular weight excluding hydrogens is 449 g/mol. The van der Waals surface area contributed by atoms with E-state index in [2.05, 4.69) is 10.4 Å². The number of carbonyl (C=O) groups is 2. The Kier molecular flexibility index (Phi) is 6.33. The van der Waals surface area contributed by atoms with Crippen LogP contribution in [0, 0.1) is 10.1 Å². The highest BCUT2D eigenvalue weighted by Crippen LogP contribution is 2.34. The highest BCUT2D eigenvalue weighted by molar-refractivity contribution is 5.94. The van der Waals surface area contributed by atoms with Crippen molar-refractivity contribution in [2.75, 3.05) is 5.32 Å². The van der Waals surface area contributed by atoms with Gasteiger partial charge in [0.15, 0.2) is 0 Å². The van der Waals surface area contributed by atoms with Crippen LogP contribution in [0.1, 0.15) is 28.9 Å². The van der Waals surface area contributed by atoms with Gasteiger partial charge in [-0.1, -0.05) is 6.07 Å². The molecular formula is C20H15F3N4O6. The van der Waals surface area contributed by atoms with E-state index in [4.69, 9.17) is 9.84 Å². The molecule has 1 aromatic heterocycles. The van der Waals surface area contributed by atoms with Crippen molar-refractivity contribution >= 4 is 23.3 Å². The van der Waals surface area contributed by atoms with Crippen LogP contribution in [0.5, 0.6) is 11.5 Å². The number of halogens is 3. The number of aromatic carboxylic acids is 1. The molecule has 0 radical (unpaired) electrons. The zero-order valence-electron chi connectivity index (χ0n) is 16.7. The summed E-state index contributed by atoms with van der Waals surface area (Å²) in [6, 6.07) is 6.19. The zero-order chi connectivity index (χ0) is 24.3. The lowest BCUT2D eigenvalue weighted by molar-refractivity contribution is -0.384. The fourth-order valence-corrected chi connectivity index (χ4v) is 2.72. The van der Waals surface area contributed by atoms with Crippen LogP contribution in [0.15, 0.2) is 54.9 Å². The normalized spacial score (nSPS) is 12.1. The number of nitro groups is 1. The first kappa shape index (κ1) is 23.2. The number of aromatic nitrogens is 2. The van der Waals surface area contributed by atoms with Crippen molar-refractivity contribution < 1.29 is 37.5 Å². The molecule has 3 rings (SSSR count). The zero-order valence-corrected chi connectivity index (χ0v) is 16.7. The summed E-state index contributed by atoms with van der Waals surface area (Å²) in [6.45, 7) is 1.42. The molecule has 0 bridgehead atoms. The predicted octanol–water partition coefficient (Wildman–Crippen LogP) is 4.50. The van der Waals surface area contributed by atoms with E-state index >= 15 is 0 Å². The van der Waals surface area contributed by atoms with Crippen LogP contribution in [0.3, 0.4) is 0 Å². The Balaban J connectivity index is 1.85. The number of carboxylic acid groups (broad SMARTS) is 1. The molecule has 0 saturated heterocycles. The lowest BCUT2D eigenvalue weighted by atomic mass is 10.2. The van der Waals surface area contributed by atoms with E-state index in [1.165, 1.54) is 19.1 Å². The number of non-ortho nitro benzene ring substituents is 1. The molecule has 1 unspecified atom stereocenters. The van der Waals surface area contributed by atoms with Gasteiger partial charge in [0, 0.05) is 18.3 Å². The molecule has 0 aliphatic heterocycles. The van der Waals surface area contributed by atoms with Crippen molar-refractivity contribution in [1.29, 1.82) is 0 Å². The van der Waals surface area contributed by atoms with Gasteiger partial charge in [-0.3, -0.25) is 19.6 Å². The summed E-state index contributed by atoms with van der Waals surface area (Å²) in [5, 5.41) is 26.4. The molecule has 0 saturated carbocycles. The molecule has 172 valence electrons. The molecule has 2 N–H and O–H groups in total. The SMILES string of the molecule is CC(C(=O)Nc1cc(Oc2cccc(C(F)(F)F)c2)cc([N+](=O)[O-])c1)n1cc(C(=O)O)cn1. The molecule has 13 heteroatoms. The third-order valence-corrected chi connectivity index (χ3v) is 4.39. The first-order valence-electron chi connectivity index (χ1n) is 9.17. The van der Waals surface area contributed by atoms with Crippen LogP contribution >= 0.6 is 0 Å². The average Bonchev–Trinajstić information content (AvgIpc) is 3.23. The summed E-state index contributed by atoms with van der Waals surface area (Å²) in [5.74, 6) is -2.31. The minimum absolute atomic E-state index is 0.0614. The lowest BCUT2D eigenvalue weighted by Crippen LogP contribution is -2.24. The van der Waals surface area contributed by atoms with Gasteiger partial charge in [-0.15, -0.1) is 0 Å². The molecule has 1 amide bonds. The van der Waals surface area contributed by atoms with Crippen LogP contribution in [0.4, 0.5) is 24.5 Å². The maximum Gasteiger partial charge on any atom is 0.416 e. The molecule has 0 aliphatic rings. The van der Waals surface area contributed by atoms with Gasteiger partial charge in [0.2, 0.25) is 5.91 Å². The maximum absolute atomic E-state index is 12.9. The van der Waals surface area contributed by atoms with Crippen molar-refractivity contribution in [1.82, 2.24) is 9.78 Å². The van der Waals surface area contributed by atoms with E-state index in [-0.39, 0.29) is 22.7 Å². The Labute approximate surface area is 183 Å². The number of rotatable bonds is 7. The molecule has 33 heavy (non-hydrogen) atoms. The van der Waals surface area contributed by atoms with Crippen LogP contribution in [-0.2, 0) is 11.0 Å². The fourth-order valence-electron chi connectivity index (χ4n) is 2.72. The summed E-state index contributed by atoms with van der Waals surface area (Å²) in [6.07, 6.45) is -2.41. The van der Waals surface area contributed by atoms with E-state index in [1.807, 2.05) is 0 Å². The maximum atomic E-state index is 12.9. The monoisotopic (exact) mass is 464 g/mol. The number of amides is 1. The van der Waals surface area contributed by atoms with Gasteiger partial charge < -0.3 is 15.2 Å². The van der Waals surface area contributed by atoms with E-state index in [9.17, 15) is 32.9 Å². The minimum atomic E-state index is -4.61. The van der Waals surface area contributed by atoms with Crippen LogP contribution < -0.4 is 10.1 Å².